The Hall–Kier alpha value is -1.32. The zero-order valence-corrected chi connectivity index (χ0v) is 11.5. The molecule has 1 aliphatic rings. The van der Waals surface area contributed by atoms with Gasteiger partial charge in [0, 0.05) is 24.3 Å². The zero-order valence-electron chi connectivity index (χ0n) is 11.5. The van der Waals surface area contributed by atoms with Gasteiger partial charge in [-0.15, -0.1) is 0 Å². The summed E-state index contributed by atoms with van der Waals surface area (Å²) in [6.07, 6.45) is 5.37. The molecule has 2 aromatic rings. The molecule has 0 saturated carbocycles. The third-order valence-corrected chi connectivity index (χ3v) is 4.31. The van der Waals surface area contributed by atoms with Gasteiger partial charge in [0.2, 0.25) is 0 Å². The molecule has 1 saturated heterocycles. The summed E-state index contributed by atoms with van der Waals surface area (Å²) in [6, 6.07) is 8.82. The van der Waals surface area contributed by atoms with E-state index in [1.165, 1.54) is 24.6 Å². The molecule has 2 atom stereocenters. The Labute approximate surface area is 114 Å². The van der Waals surface area contributed by atoms with Gasteiger partial charge in [0.15, 0.2) is 0 Å². The number of hydrogen-bond donors (Lipinski definition) is 2. The van der Waals surface area contributed by atoms with Gasteiger partial charge in [0.1, 0.15) is 0 Å². The average Bonchev–Trinajstić information content (AvgIpc) is 2.88. The molecule has 2 heterocycles. The van der Waals surface area contributed by atoms with Gasteiger partial charge in [-0.05, 0) is 49.4 Å². The van der Waals surface area contributed by atoms with E-state index in [0.29, 0.717) is 6.04 Å². The molecule has 1 aliphatic heterocycles. The van der Waals surface area contributed by atoms with Crippen LogP contribution < -0.4 is 0 Å². The van der Waals surface area contributed by atoms with Crippen molar-refractivity contribution in [3.8, 4) is 0 Å². The number of H-pyrrole nitrogens is 1. The number of aliphatic hydroxyl groups is 1. The maximum Gasteiger partial charge on any atom is 0.0917 e. The number of rotatable bonds is 3. The Morgan fingerprint density at radius 2 is 2.26 bits per heavy atom. The molecule has 19 heavy (non-hydrogen) atoms. The number of likely N-dealkylation sites (tertiary alicyclic amines) is 1. The minimum Gasteiger partial charge on any atom is -0.387 e. The summed E-state index contributed by atoms with van der Waals surface area (Å²) in [5, 5.41) is 11.6. The molecule has 1 aromatic heterocycles. The number of aliphatic hydroxyl groups excluding tert-OH is 1. The number of benzene rings is 1. The van der Waals surface area contributed by atoms with Crippen LogP contribution in [-0.4, -0.2) is 34.1 Å². The topological polar surface area (TPSA) is 39.3 Å². The van der Waals surface area contributed by atoms with E-state index >= 15 is 0 Å². The number of hydrogen-bond acceptors (Lipinski definition) is 2. The lowest BCUT2D eigenvalue weighted by Gasteiger charge is -2.34. The summed E-state index contributed by atoms with van der Waals surface area (Å²) in [4.78, 5) is 5.61. The fourth-order valence-corrected chi connectivity index (χ4v) is 3.03. The smallest absolute Gasteiger partial charge is 0.0917 e. The lowest BCUT2D eigenvalue weighted by molar-refractivity contribution is 0.0733. The molecule has 1 fully saturated rings. The van der Waals surface area contributed by atoms with Crippen LogP contribution in [0.3, 0.4) is 0 Å². The molecule has 0 spiro atoms. The van der Waals surface area contributed by atoms with Gasteiger partial charge in [0.25, 0.3) is 0 Å². The number of aromatic amines is 1. The predicted molar refractivity (Wildman–Crippen MR) is 78.1 cm³/mol. The maximum absolute atomic E-state index is 10.4. The molecule has 2 N–H and O–H groups in total. The van der Waals surface area contributed by atoms with Gasteiger partial charge in [-0.3, -0.25) is 4.90 Å². The summed E-state index contributed by atoms with van der Waals surface area (Å²) in [5.74, 6) is 0. The van der Waals surface area contributed by atoms with Crippen LogP contribution in [-0.2, 0) is 0 Å². The number of nitrogens with zero attached hydrogens (tertiary/aromatic N) is 1. The molecule has 3 nitrogen and oxygen atoms in total. The summed E-state index contributed by atoms with van der Waals surface area (Å²) in [5.41, 5.74) is 2.11. The summed E-state index contributed by atoms with van der Waals surface area (Å²) >= 11 is 0. The Bertz CT molecular complexity index is 548. The molecule has 3 heteroatoms. The van der Waals surface area contributed by atoms with E-state index in [4.69, 9.17) is 0 Å². The fraction of sp³-hybridized carbons (Fsp3) is 0.500. The van der Waals surface area contributed by atoms with E-state index in [2.05, 4.69) is 35.0 Å². The Morgan fingerprint density at radius 1 is 1.37 bits per heavy atom. The van der Waals surface area contributed by atoms with E-state index in [1.807, 2.05) is 12.3 Å². The van der Waals surface area contributed by atoms with Crippen molar-refractivity contribution in [2.24, 2.45) is 0 Å². The van der Waals surface area contributed by atoms with Crippen LogP contribution >= 0.6 is 0 Å². The molecule has 102 valence electrons. The van der Waals surface area contributed by atoms with Gasteiger partial charge in [-0.1, -0.05) is 18.6 Å². The molecular formula is C16H22N2O. The third kappa shape index (κ3) is 2.67. The van der Waals surface area contributed by atoms with Crippen LogP contribution in [0.2, 0.25) is 0 Å². The lowest BCUT2D eigenvalue weighted by atomic mass is 10.0. The van der Waals surface area contributed by atoms with Gasteiger partial charge < -0.3 is 10.1 Å². The van der Waals surface area contributed by atoms with Crippen molar-refractivity contribution in [1.82, 2.24) is 9.88 Å². The molecular weight excluding hydrogens is 236 g/mol. The van der Waals surface area contributed by atoms with Crippen molar-refractivity contribution in [1.29, 1.82) is 0 Å². The highest BCUT2D eigenvalue weighted by Gasteiger charge is 2.21. The van der Waals surface area contributed by atoms with E-state index in [-0.39, 0.29) is 0 Å². The van der Waals surface area contributed by atoms with Gasteiger partial charge in [-0.25, -0.2) is 0 Å². The monoisotopic (exact) mass is 258 g/mol. The summed E-state index contributed by atoms with van der Waals surface area (Å²) in [6.45, 7) is 4.12. The molecule has 0 aliphatic carbocycles. The first-order valence-electron chi connectivity index (χ1n) is 7.23. The largest absolute Gasteiger partial charge is 0.387 e. The van der Waals surface area contributed by atoms with Crippen LogP contribution in [0.15, 0.2) is 30.5 Å². The third-order valence-electron chi connectivity index (χ3n) is 4.31. The normalized spacial score (nSPS) is 22.7. The summed E-state index contributed by atoms with van der Waals surface area (Å²) < 4.78 is 0. The van der Waals surface area contributed by atoms with Gasteiger partial charge in [-0.2, -0.15) is 0 Å². The van der Waals surface area contributed by atoms with E-state index in [0.717, 1.165) is 24.2 Å². The Kier molecular flexibility index (Phi) is 3.58. The second kappa shape index (κ2) is 5.35. The average molecular weight is 258 g/mol. The van der Waals surface area contributed by atoms with Crippen molar-refractivity contribution in [3.05, 3.63) is 36.0 Å². The fourth-order valence-electron chi connectivity index (χ4n) is 3.03. The standard InChI is InChI=1S/C16H22N2O/c1-12-4-2-3-9-18(12)11-16(19)14-6-5-13-7-8-17-15(13)10-14/h5-8,10,12,16-17,19H,2-4,9,11H2,1H3. The van der Waals surface area contributed by atoms with Crippen molar-refractivity contribution in [3.63, 3.8) is 0 Å². The molecule has 0 amide bonds. The number of fused-ring (bicyclic) bond motifs is 1. The number of piperidine rings is 1. The quantitative estimate of drug-likeness (QED) is 0.888. The van der Waals surface area contributed by atoms with Crippen LogP contribution in [0.1, 0.15) is 37.9 Å². The first-order valence-corrected chi connectivity index (χ1v) is 7.23. The zero-order chi connectivity index (χ0) is 13.2. The van der Waals surface area contributed by atoms with Crippen molar-refractivity contribution in [2.75, 3.05) is 13.1 Å². The minimum absolute atomic E-state index is 0.395. The van der Waals surface area contributed by atoms with Crippen LogP contribution in [0, 0.1) is 0 Å². The van der Waals surface area contributed by atoms with Crippen LogP contribution in [0.4, 0.5) is 0 Å². The van der Waals surface area contributed by atoms with Crippen LogP contribution in [0.25, 0.3) is 10.9 Å². The minimum atomic E-state index is -0.395. The highest BCUT2D eigenvalue weighted by molar-refractivity contribution is 5.79. The molecule has 3 rings (SSSR count). The number of nitrogens with one attached hydrogen (secondary N) is 1. The van der Waals surface area contributed by atoms with E-state index in [9.17, 15) is 5.11 Å². The van der Waals surface area contributed by atoms with Gasteiger partial charge >= 0.3 is 0 Å². The van der Waals surface area contributed by atoms with Gasteiger partial charge in [0.05, 0.1) is 6.10 Å². The predicted octanol–water partition coefficient (Wildman–Crippen LogP) is 3.08. The second-order valence-electron chi connectivity index (χ2n) is 5.68. The highest BCUT2D eigenvalue weighted by atomic mass is 16.3. The molecule has 0 bridgehead atoms. The number of β-amino-alcohol motifs (C(OH)–C–C–N with tert-alkyl or cyclic N) is 1. The molecule has 2 unspecified atom stereocenters. The van der Waals surface area contributed by atoms with Crippen LogP contribution in [0.5, 0.6) is 0 Å². The summed E-state index contributed by atoms with van der Waals surface area (Å²) in [7, 11) is 0. The molecule has 1 aromatic carbocycles. The SMILES string of the molecule is CC1CCCCN1CC(O)c1ccc2cc[nH]c2c1. The second-order valence-corrected chi connectivity index (χ2v) is 5.68. The lowest BCUT2D eigenvalue weighted by Crippen LogP contribution is -2.40. The van der Waals surface area contributed by atoms with Crippen molar-refractivity contribution in [2.45, 2.75) is 38.3 Å². The van der Waals surface area contributed by atoms with E-state index in [1.54, 1.807) is 0 Å². The Balaban J connectivity index is 1.73. The Morgan fingerprint density at radius 3 is 3.11 bits per heavy atom. The van der Waals surface area contributed by atoms with E-state index < -0.39 is 6.10 Å². The van der Waals surface area contributed by atoms with Crippen molar-refractivity contribution < 1.29 is 5.11 Å². The maximum atomic E-state index is 10.4. The number of aromatic nitrogens is 1. The van der Waals surface area contributed by atoms with Crippen molar-refractivity contribution >= 4 is 10.9 Å². The highest BCUT2D eigenvalue weighted by Crippen LogP contribution is 2.23. The first-order chi connectivity index (χ1) is 9.24. The molecule has 0 radical (unpaired) electrons. The first kappa shape index (κ1) is 12.7.